The summed E-state index contributed by atoms with van der Waals surface area (Å²) < 4.78 is 27.3. The molecule has 2 aliphatic heterocycles. The molecular formula is C21H21N3O5S. The van der Waals surface area contributed by atoms with Crippen molar-refractivity contribution in [1.29, 1.82) is 0 Å². The number of piperidine rings is 1. The van der Waals surface area contributed by atoms with Gasteiger partial charge in [-0.1, -0.05) is 6.42 Å². The zero-order chi connectivity index (χ0) is 21.5. The summed E-state index contributed by atoms with van der Waals surface area (Å²) in [7, 11) is -3.61. The van der Waals surface area contributed by atoms with Gasteiger partial charge in [0.25, 0.3) is 17.7 Å². The predicted octanol–water partition coefficient (Wildman–Crippen LogP) is 2.39. The molecule has 0 aliphatic carbocycles. The molecule has 1 unspecified atom stereocenters. The Morgan fingerprint density at radius 2 is 1.73 bits per heavy atom. The van der Waals surface area contributed by atoms with Crippen LogP contribution in [0.3, 0.4) is 0 Å². The van der Waals surface area contributed by atoms with Gasteiger partial charge in [-0.2, -0.15) is 4.31 Å². The third-order valence-electron chi connectivity index (χ3n) is 5.46. The highest BCUT2D eigenvalue weighted by Gasteiger charge is 2.31. The normalized spacial score (nSPS) is 19.3. The molecule has 2 aromatic carbocycles. The number of anilines is 1. The minimum Gasteiger partial charge on any atom is -0.322 e. The minimum atomic E-state index is -3.61. The van der Waals surface area contributed by atoms with E-state index >= 15 is 0 Å². The maximum absolute atomic E-state index is 12.9. The van der Waals surface area contributed by atoms with Gasteiger partial charge in [0, 0.05) is 23.8 Å². The van der Waals surface area contributed by atoms with E-state index in [0.29, 0.717) is 12.2 Å². The van der Waals surface area contributed by atoms with E-state index in [9.17, 15) is 22.8 Å². The number of nitrogens with one attached hydrogen (secondary N) is 2. The van der Waals surface area contributed by atoms with Crippen LogP contribution in [0.1, 0.15) is 57.3 Å². The number of fused-ring (bicyclic) bond motifs is 1. The van der Waals surface area contributed by atoms with Gasteiger partial charge in [0.15, 0.2) is 0 Å². The molecule has 1 atom stereocenters. The molecule has 9 heteroatoms. The fraction of sp³-hybridized carbons (Fsp3) is 0.286. The van der Waals surface area contributed by atoms with Crippen LogP contribution in [-0.2, 0) is 10.0 Å². The van der Waals surface area contributed by atoms with E-state index in [1.54, 1.807) is 0 Å². The van der Waals surface area contributed by atoms with Crippen LogP contribution < -0.4 is 10.6 Å². The Kier molecular flexibility index (Phi) is 5.17. The van der Waals surface area contributed by atoms with E-state index in [2.05, 4.69) is 10.6 Å². The van der Waals surface area contributed by atoms with E-state index in [0.717, 1.165) is 19.3 Å². The summed E-state index contributed by atoms with van der Waals surface area (Å²) in [6.07, 6.45) is 2.70. The van der Waals surface area contributed by atoms with Crippen molar-refractivity contribution >= 4 is 33.4 Å². The number of carbonyl (C=O) groups excluding carboxylic acids is 3. The van der Waals surface area contributed by atoms with Crippen molar-refractivity contribution in [3.63, 3.8) is 0 Å². The SMILES string of the molecule is CC1CCCCN1S(=O)(=O)c1ccc(C(=O)Nc2ccc3c(c2)C(=O)NC3=O)cc1. The number of sulfonamides is 1. The molecule has 30 heavy (non-hydrogen) atoms. The molecule has 2 heterocycles. The maximum atomic E-state index is 12.9. The molecule has 4 rings (SSSR count). The molecule has 2 aromatic rings. The second kappa shape index (κ2) is 7.66. The standard InChI is InChI=1S/C21H21N3O5S/c1-13-4-2-3-11-24(13)30(28,29)16-8-5-14(6-9-16)19(25)22-15-7-10-17-18(12-15)21(27)23-20(17)26/h5-10,12-13H,2-4,11H2,1H3,(H,22,25)(H,23,26,27). The van der Waals surface area contributed by atoms with Crippen molar-refractivity contribution in [3.8, 4) is 0 Å². The van der Waals surface area contributed by atoms with Crippen LogP contribution in [0, 0.1) is 0 Å². The smallest absolute Gasteiger partial charge is 0.259 e. The van der Waals surface area contributed by atoms with Gasteiger partial charge in [0.2, 0.25) is 10.0 Å². The number of benzene rings is 2. The molecule has 1 saturated heterocycles. The summed E-state index contributed by atoms with van der Waals surface area (Å²) in [6, 6.07) is 10.2. The van der Waals surface area contributed by atoms with Crippen molar-refractivity contribution in [3.05, 3.63) is 59.2 Å². The minimum absolute atomic E-state index is 0.0457. The van der Waals surface area contributed by atoms with Gasteiger partial charge in [-0.05, 0) is 62.2 Å². The third-order valence-corrected chi connectivity index (χ3v) is 7.49. The van der Waals surface area contributed by atoms with Crippen molar-refractivity contribution in [2.75, 3.05) is 11.9 Å². The average Bonchev–Trinajstić information content (AvgIpc) is 3.01. The second-order valence-corrected chi connectivity index (χ2v) is 9.37. The lowest BCUT2D eigenvalue weighted by Crippen LogP contribution is -2.41. The first-order chi connectivity index (χ1) is 14.3. The van der Waals surface area contributed by atoms with E-state index in [-0.39, 0.29) is 27.6 Å². The maximum Gasteiger partial charge on any atom is 0.259 e. The Morgan fingerprint density at radius 3 is 2.43 bits per heavy atom. The second-order valence-electron chi connectivity index (χ2n) is 7.48. The highest BCUT2D eigenvalue weighted by Crippen LogP contribution is 2.26. The molecule has 8 nitrogen and oxygen atoms in total. The molecule has 2 N–H and O–H groups in total. The molecular weight excluding hydrogens is 406 g/mol. The monoisotopic (exact) mass is 427 g/mol. The van der Waals surface area contributed by atoms with E-state index in [1.807, 2.05) is 6.92 Å². The topological polar surface area (TPSA) is 113 Å². The predicted molar refractivity (Wildman–Crippen MR) is 110 cm³/mol. The molecule has 2 aliphatic rings. The molecule has 156 valence electrons. The van der Waals surface area contributed by atoms with Crippen LogP contribution in [0.5, 0.6) is 0 Å². The summed E-state index contributed by atoms with van der Waals surface area (Å²) in [5.41, 5.74) is 1.11. The van der Waals surface area contributed by atoms with Gasteiger partial charge < -0.3 is 5.32 Å². The van der Waals surface area contributed by atoms with Crippen LogP contribution in [0.25, 0.3) is 0 Å². The van der Waals surface area contributed by atoms with Crippen LogP contribution in [0.2, 0.25) is 0 Å². The summed E-state index contributed by atoms with van der Waals surface area (Å²) in [6.45, 7) is 2.41. The lowest BCUT2D eigenvalue weighted by Gasteiger charge is -2.32. The van der Waals surface area contributed by atoms with Gasteiger partial charge in [0.05, 0.1) is 16.0 Å². The molecule has 0 radical (unpaired) electrons. The van der Waals surface area contributed by atoms with E-state index < -0.39 is 27.7 Å². The van der Waals surface area contributed by atoms with E-state index in [4.69, 9.17) is 0 Å². The number of hydrogen-bond donors (Lipinski definition) is 2. The van der Waals surface area contributed by atoms with Crippen LogP contribution in [0.15, 0.2) is 47.4 Å². The number of rotatable bonds is 4. The van der Waals surface area contributed by atoms with Crippen LogP contribution in [0.4, 0.5) is 5.69 Å². The lowest BCUT2D eigenvalue weighted by atomic mass is 10.1. The van der Waals surface area contributed by atoms with Gasteiger partial charge in [-0.3, -0.25) is 19.7 Å². The lowest BCUT2D eigenvalue weighted by molar-refractivity contribution is 0.0878. The summed E-state index contributed by atoms with van der Waals surface area (Å²) in [5.74, 6) is -1.42. The van der Waals surface area contributed by atoms with E-state index in [1.165, 1.54) is 46.8 Å². The van der Waals surface area contributed by atoms with Crippen LogP contribution in [-0.4, -0.2) is 43.0 Å². The van der Waals surface area contributed by atoms with Gasteiger partial charge >= 0.3 is 0 Å². The molecule has 0 bridgehead atoms. The first-order valence-electron chi connectivity index (χ1n) is 9.70. The van der Waals surface area contributed by atoms with Crippen LogP contribution >= 0.6 is 0 Å². The molecule has 0 aromatic heterocycles. The van der Waals surface area contributed by atoms with Crippen molar-refractivity contribution in [2.24, 2.45) is 0 Å². The number of carbonyl (C=O) groups is 3. The highest BCUT2D eigenvalue weighted by atomic mass is 32.2. The zero-order valence-electron chi connectivity index (χ0n) is 16.3. The zero-order valence-corrected chi connectivity index (χ0v) is 17.2. The van der Waals surface area contributed by atoms with Gasteiger partial charge in [0.1, 0.15) is 0 Å². The molecule has 0 saturated carbocycles. The van der Waals surface area contributed by atoms with Crippen molar-refractivity contribution in [1.82, 2.24) is 9.62 Å². The fourth-order valence-electron chi connectivity index (χ4n) is 3.79. The number of imide groups is 1. The Morgan fingerprint density at radius 1 is 1.03 bits per heavy atom. The average molecular weight is 427 g/mol. The van der Waals surface area contributed by atoms with Gasteiger partial charge in [-0.25, -0.2) is 8.42 Å². The Balaban J connectivity index is 1.51. The number of amides is 3. The molecule has 3 amide bonds. The number of hydrogen-bond acceptors (Lipinski definition) is 5. The Labute approximate surface area is 174 Å². The third kappa shape index (κ3) is 3.61. The quantitative estimate of drug-likeness (QED) is 0.728. The van der Waals surface area contributed by atoms with Crippen molar-refractivity contribution < 1.29 is 22.8 Å². The first-order valence-corrected chi connectivity index (χ1v) is 11.1. The summed E-state index contributed by atoms with van der Waals surface area (Å²) in [4.78, 5) is 36.1. The largest absolute Gasteiger partial charge is 0.322 e. The highest BCUT2D eigenvalue weighted by molar-refractivity contribution is 7.89. The molecule has 1 fully saturated rings. The summed E-state index contributed by atoms with van der Waals surface area (Å²) >= 11 is 0. The summed E-state index contributed by atoms with van der Waals surface area (Å²) in [5, 5.41) is 4.86. The Bertz CT molecular complexity index is 1140. The first kappa shape index (κ1) is 20.2. The van der Waals surface area contributed by atoms with Crippen molar-refractivity contribution in [2.45, 2.75) is 37.1 Å². The Hall–Kier alpha value is -3.04. The molecule has 0 spiro atoms. The number of nitrogens with zero attached hydrogens (tertiary/aromatic N) is 1. The fourth-order valence-corrected chi connectivity index (χ4v) is 5.49. The van der Waals surface area contributed by atoms with Gasteiger partial charge in [-0.15, -0.1) is 0 Å².